The van der Waals surface area contributed by atoms with Crippen LogP contribution in [0.1, 0.15) is 32.6 Å². The van der Waals surface area contributed by atoms with E-state index in [-0.39, 0.29) is 5.92 Å². The molecule has 0 saturated carbocycles. The monoisotopic (exact) mass is 275 g/mol. The zero-order valence-electron chi connectivity index (χ0n) is 12.2. The second kappa shape index (κ2) is 7.05. The fourth-order valence-corrected chi connectivity index (χ4v) is 1.93. The second-order valence-electron chi connectivity index (χ2n) is 4.59. The van der Waals surface area contributed by atoms with Gasteiger partial charge in [0, 0.05) is 12.5 Å². The van der Waals surface area contributed by atoms with Gasteiger partial charge in [-0.1, -0.05) is 31.1 Å². The van der Waals surface area contributed by atoms with E-state index in [1.165, 1.54) is 0 Å². The van der Waals surface area contributed by atoms with Gasteiger partial charge < -0.3 is 14.6 Å². The van der Waals surface area contributed by atoms with E-state index in [9.17, 15) is 0 Å². The van der Waals surface area contributed by atoms with Crippen LogP contribution >= 0.6 is 0 Å². The second-order valence-corrected chi connectivity index (χ2v) is 4.59. The molecule has 2 aromatic rings. The van der Waals surface area contributed by atoms with Crippen molar-refractivity contribution in [2.75, 3.05) is 19.7 Å². The molecule has 0 aliphatic carbocycles. The Morgan fingerprint density at radius 3 is 2.85 bits per heavy atom. The van der Waals surface area contributed by atoms with E-state index >= 15 is 0 Å². The van der Waals surface area contributed by atoms with Gasteiger partial charge in [0.25, 0.3) is 0 Å². The number of hydrogen-bond acceptors (Lipinski definition) is 5. The number of aromatic nitrogens is 2. The van der Waals surface area contributed by atoms with Crippen LogP contribution in [0.15, 0.2) is 28.8 Å². The van der Waals surface area contributed by atoms with Crippen LogP contribution in [0.25, 0.3) is 11.4 Å². The highest BCUT2D eigenvalue weighted by molar-refractivity contribution is 5.63. The van der Waals surface area contributed by atoms with Gasteiger partial charge >= 0.3 is 0 Å². The van der Waals surface area contributed by atoms with Crippen molar-refractivity contribution in [3.05, 3.63) is 30.2 Å². The Balaban J connectivity index is 2.20. The van der Waals surface area contributed by atoms with E-state index < -0.39 is 0 Å². The highest BCUT2D eigenvalue weighted by atomic mass is 16.5. The Hall–Kier alpha value is -1.88. The van der Waals surface area contributed by atoms with Gasteiger partial charge in [-0.2, -0.15) is 4.98 Å². The molecule has 0 radical (unpaired) electrons. The third-order valence-corrected chi connectivity index (χ3v) is 2.99. The number of nitrogens with zero attached hydrogens (tertiary/aromatic N) is 2. The highest BCUT2D eigenvalue weighted by Crippen LogP contribution is 2.28. The molecule has 1 aromatic heterocycles. The fraction of sp³-hybridized carbons (Fsp3) is 0.467. The molecule has 1 N–H and O–H groups in total. The quantitative estimate of drug-likeness (QED) is 0.842. The average molecular weight is 275 g/mol. The molecule has 0 aliphatic rings. The molecule has 1 aromatic carbocycles. The first-order valence-corrected chi connectivity index (χ1v) is 7.02. The molecule has 0 aliphatic heterocycles. The van der Waals surface area contributed by atoms with Gasteiger partial charge in [-0.25, -0.2) is 0 Å². The maximum atomic E-state index is 5.59. The Kier molecular flexibility index (Phi) is 5.12. The SMILES string of the molecule is CCNCC(C)c1nc(-c2ccccc2OCC)no1. The van der Waals surface area contributed by atoms with Gasteiger partial charge in [0.2, 0.25) is 11.7 Å². The first-order valence-electron chi connectivity index (χ1n) is 7.02. The van der Waals surface area contributed by atoms with Gasteiger partial charge in [0.1, 0.15) is 5.75 Å². The van der Waals surface area contributed by atoms with Crippen LogP contribution in [0.4, 0.5) is 0 Å². The first-order chi connectivity index (χ1) is 9.76. The molecule has 5 heteroatoms. The fourth-order valence-electron chi connectivity index (χ4n) is 1.93. The summed E-state index contributed by atoms with van der Waals surface area (Å²) in [6.07, 6.45) is 0. The van der Waals surface area contributed by atoms with Crippen LogP contribution in [0, 0.1) is 0 Å². The zero-order valence-corrected chi connectivity index (χ0v) is 12.2. The number of hydrogen-bond donors (Lipinski definition) is 1. The number of ether oxygens (including phenoxy) is 1. The van der Waals surface area contributed by atoms with Crippen molar-refractivity contribution >= 4 is 0 Å². The summed E-state index contributed by atoms with van der Waals surface area (Å²) in [4.78, 5) is 4.48. The summed E-state index contributed by atoms with van der Waals surface area (Å²) in [6.45, 7) is 8.46. The Morgan fingerprint density at radius 2 is 2.10 bits per heavy atom. The summed E-state index contributed by atoms with van der Waals surface area (Å²) in [7, 11) is 0. The lowest BCUT2D eigenvalue weighted by molar-refractivity contribution is 0.340. The summed E-state index contributed by atoms with van der Waals surface area (Å²) >= 11 is 0. The molecule has 0 saturated heterocycles. The van der Waals surface area contributed by atoms with Crippen molar-refractivity contribution in [1.29, 1.82) is 0 Å². The minimum atomic E-state index is 0.190. The standard InChI is InChI=1S/C15H21N3O2/c1-4-16-10-11(3)15-17-14(18-20-15)12-8-6-7-9-13(12)19-5-2/h6-9,11,16H,4-5,10H2,1-3H3. The number of benzene rings is 1. The minimum absolute atomic E-state index is 0.190. The van der Waals surface area contributed by atoms with Crippen LogP contribution in [0.3, 0.4) is 0 Å². The van der Waals surface area contributed by atoms with Crippen molar-refractivity contribution in [3.63, 3.8) is 0 Å². The van der Waals surface area contributed by atoms with E-state index in [0.717, 1.165) is 24.4 Å². The minimum Gasteiger partial charge on any atom is -0.493 e. The Labute approximate surface area is 119 Å². The maximum absolute atomic E-state index is 5.59. The van der Waals surface area contributed by atoms with Crippen LogP contribution < -0.4 is 10.1 Å². The summed E-state index contributed by atoms with van der Waals surface area (Å²) in [5, 5.41) is 7.34. The lowest BCUT2D eigenvalue weighted by Crippen LogP contribution is -2.19. The van der Waals surface area contributed by atoms with E-state index in [2.05, 4.69) is 29.3 Å². The van der Waals surface area contributed by atoms with Crippen molar-refractivity contribution in [2.45, 2.75) is 26.7 Å². The molecule has 5 nitrogen and oxygen atoms in total. The van der Waals surface area contributed by atoms with Gasteiger partial charge in [-0.05, 0) is 25.6 Å². The molecular weight excluding hydrogens is 254 g/mol. The van der Waals surface area contributed by atoms with E-state index in [1.54, 1.807) is 0 Å². The number of para-hydroxylation sites is 1. The molecule has 20 heavy (non-hydrogen) atoms. The molecular formula is C15H21N3O2. The van der Waals surface area contributed by atoms with E-state index in [0.29, 0.717) is 18.3 Å². The van der Waals surface area contributed by atoms with Gasteiger partial charge in [-0.15, -0.1) is 0 Å². The predicted octanol–water partition coefficient (Wildman–Crippen LogP) is 2.85. The molecule has 108 valence electrons. The average Bonchev–Trinajstić information content (AvgIpc) is 2.95. The summed E-state index contributed by atoms with van der Waals surface area (Å²) < 4.78 is 10.9. The molecule has 0 fully saturated rings. The van der Waals surface area contributed by atoms with Crippen LogP contribution in [0.5, 0.6) is 5.75 Å². The summed E-state index contributed by atoms with van der Waals surface area (Å²) in [5.74, 6) is 2.19. The van der Waals surface area contributed by atoms with Crippen molar-refractivity contribution in [2.24, 2.45) is 0 Å². The molecule has 1 unspecified atom stereocenters. The summed E-state index contributed by atoms with van der Waals surface area (Å²) in [6, 6.07) is 7.73. The topological polar surface area (TPSA) is 60.2 Å². The predicted molar refractivity (Wildman–Crippen MR) is 77.9 cm³/mol. The maximum Gasteiger partial charge on any atom is 0.231 e. The summed E-state index contributed by atoms with van der Waals surface area (Å²) in [5.41, 5.74) is 0.861. The van der Waals surface area contributed by atoms with Gasteiger partial charge in [-0.3, -0.25) is 0 Å². The van der Waals surface area contributed by atoms with Crippen molar-refractivity contribution < 1.29 is 9.26 Å². The highest BCUT2D eigenvalue weighted by Gasteiger charge is 2.17. The van der Waals surface area contributed by atoms with Crippen molar-refractivity contribution in [3.8, 4) is 17.1 Å². The molecule has 0 spiro atoms. The van der Waals surface area contributed by atoms with Gasteiger partial charge in [0.15, 0.2) is 0 Å². The normalized spacial score (nSPS) is 12.3. The molecule has 0 amide bonds. The lowest BCUT2D eigenvalue weighted by atomic mass is 10.1. The van der Waals surface area contributed by atoms with Crippen LogP contribution in [-0.4, -0.2) is 29.8 Å². The first kappa shape index (κ1) is 14.5. The van der Waals surface area contributed by atoms with E-state index in [1.807, 2.05) is 31.2 Å². The molecule has 0 bridgehead atoms. The molecule has 2 rings (SSSR count). The van der Waals surface area contributed by atoms with E-state index in [4.69, 9.17) is 9.26 Å². The third kappa shape index (κ3) is 3.36. The molecule has 1 heterocycles. The van der Waals surface area contributed by atoms with Crippen molar-refractivity contribution in [1.82, 2.24) is 15.5 Å². The number of nitrogens with one attached hydrogen (secondary N) is 1. The number of likely N-dealkylation sites (N-methyl/N-ethyl adjacent to an activating group) is 1. The number of rotatable bonds is 7. The largest absolute Gasteiger partial charge is 0.493 e. The smallest absolute Gasteiger partial charge is 0.231 e. The molecule has 1 atom stereocenters. The Morgan fingerprint density at radius 1 is 1.30 bits per heavy atom. The zero-order chi connectivity index (χ0) is 14.4. The van der Waals surface area contributed by atoms with Gasteiger partial charge in [0.05, 0.1) is 12.2 Å². The Bertz CT molecular complexity index is 539. The lowest BCUT2D eigenvalue weighted by Gasteiger charge is -2.07. The van der Waals surface area contributed by atoms with Crippen LogP contribution in [0.2, 0.25) is 0 Å². The van der Waals surface area contributed by atoms with Crippen LogP contribution in [-0.2, 0) is 0 Å². The third-order valence-electron chi connectivity index (χ3n) is 2.99.